The van der Waals surface area contributed by atoms with Crippen molar-refractivity contribution in [1.82, 2.24) is 29.4 Å². The summed E-state index contributed by atoms with van der Waals surface area (Å²) in [6, 6.07) is 4.71. The van der Waals surface area contributed by atoms with Crippen LogP contribution in [0.1, 0.15) is 28.2 Å². The lowest BCUT2D eigenvalue weighted by molar-refractivity contribution is 0.176. The number of aromatic nitrogens is 4. The lowest BCUT2D eigenvalue weighted by Crippen LogP contribution is -2.49. The topological polar surface area (TPSA) is 54.2 Å². The number of anilines is 1. The normalized spacial score (nSPS) is 14.7. The van der Waals surface area contributed by atoms with E-state index >= 15 is 0 Å². The molecule has 3 heterocycles. The van der Waals surface area contributed by atoms with Crippen molar-refractivity contribution in [3.63, 3.8) is 0 Å². The molecule has 4 rings (SSSR count). The first-order chi connectivity index (χ1) is 15.7. The van der Waals surface area contributed by atoms with Crippen LogP contribution in [0.5, 0.6) is 0 Å². The molecule has 0 unspecified atom stereocenters. The van der Waals surface area contributed by atoms with E-state index in [9.17, 15) is 4.39 Å². The molecule has 1 N–H and O–H groups in total. The van der Waals surface area contributed by atoms with E-state index in [4.69, 9.17) is 23.8 Å². The van der Waals surface area contributed by atoms with E-state index in [1.165, 1.54) is 11.6 Å². The zero-order valence-corrected chi connectivity index (χ0v) is 21.0. The Labute approximate surface area is 204 Å². The molecule has 2 aromatic heterocycles. The van der Waals surface area contributed by atoms with E-state index in [2.05, 4.69) is 38.4 Å². The standard InChI is InChI=1S/C23H29ClFN7S/c1-15-18(12-29(4)27-15)13-30-8-10-31(11-9-30)23(33)26-22-16(2)28-32(17(22)3)14-19-20(24)6-5-7-21(19)25/h5-7,12H,8-11,13-14H2,1-4H3,(H,26,33). The van der Waals surface area contributed by atoms with Crippen LogP contribution in [-0.2, 0) is 20.1 Å². The molecular weight excluding hydrogens is 461 g/mol. The summed E-state index contributed by atoms with van der Waals surface area (Å²) in [5, 5.41) is 13.5. The fraction of sp³-hybridized carbons (Fsp3) is 0.435. The van der Waals surface area contributed by atoms with Gasteiger partial charge in [0.1, 0.15) is 5.82 Å². The van der Waals surface area contributed by atoms with Crippen molar-refractivity contribution in [1.29, 1.82) is 0 Å². The maximum Gasteiger partial charge on any atom is 0.173 e. The number of rotatable bonds is 5. The van der Waals surface area contributed by atoms with Crippen LogP contribution in [0.4, 0.5) is 10.1 Å². The van der Waals surface area contributed by atoms with Gasteiger partial charge in [0.2, 0.25) is 0 Å². The van der Waals surface area contributed by atoms with Crippen molar-refractivity contribution in [2.45, 2.75) is 33.9 Å². The minimum Gasteiger partial charge on any atom is -0.346 e. The Morgan fingerprint density at radius 2 is 1.82 bits per heavy atom. The molecule has 0 bridgehead atoms. The molecule has 176 valence electrons. The van der Waals surface area contributed by atoms with Gasteiger partial charge < -0.3 is 10.2 Å². The van der Waals surface area contributed by atoms with Crippen LogP contribution in [0.2, 0.25) is 5.02 Å². The molecule has 1 aromatic carbocycles. The molecule has 0 atom stereocenters. The predicted octanol–water partition coefficient (Wildman–Crippen LogP) is 3.90. The number of nitrogens with one attached hydrogen (secondary N) is 1. The number of halogens is 2. The molecule has 1 aliphatic heterocycles. The van der Waals surface area contributed by atoms with Crippen LogP contribution in [-0.4, -0.2) is 60.7 Å². The summed E-state index contributed by atoms with van der Waals surface area (Å²) in [7, 11) is 1.95. The van der Waals surface area contributed by atoms with Gasteiger partial charge in [-0.05, 0) is 45.1 Å². The number of aryl methyl sites for hydroxylation is 3. The Balaban J connectivity index is 1.37. The van der Waals surface area contributed by atoms with Crippen LogP contribution in [0.15, 0.2) is 24.4 Å². The van der Waals surface area contributed by atoms with Gasteiger partial charge in [-0.15, -0.1) is 0 Å². The maximum atomic E-state index is 14.2. The van der Waals surface area contributed by atoms with Crippen molar-refractivity contribution >= 4 is 34.6 Å². The van der Waals surface area contributed by atoms with Crippen LogP contribution in [0, 0.1) is 26.6 Å². The zero-order valence-electron chi connectivity index (χ0n) is 19.4. The third-order valence-corrected chi connectivity index (χ3v) is 6.87. The average Bonchev–Trinajstić information content (AvgIpc) is 3.23. The fourth-order valence-electron chi connectivity index (χ4n) is 4.20. The Morgan fingerprint density at radius 3 is 2.45 bits per heavy atom. The predicted molar refractivity (Wildman–Crippen MR) is 133 cm³/mol. The molecule has 0 amide bonds. The molecule has 0 spiro atoms. The van der Waals surface area contributed by atoms with Gasteiger partial charge in [0.15, 0.2) is 5.11 Å². The summed E-state index contributed by atoms with van der Waals surface area (Å²) >= 11 is 11.9. The third kappa shape index (κ3) is 5.20. The van der Waals surface area contributed by atoms with Gasteiger partial charge in [-0.3, -0.25) is 14.3 Å². The molecule has 0 aliphatic carbocycles. The molecule has 7 nitrogen and oxygen atoms in total. The number of benzene rings is 1. The summed E-state index contributed by atoms with van der Waals surface area (Å²) in [5.74, 6) is -0.334. The Morgan fingerprint density at radius 1 is 1.09 bits per heavy atom. The molecule has 3 aromatic rings. The maximum absolute atomic E-state index is 14.2. The number of thiocarbonyl (C=S) groups is 1. The van der Waals surface area contributed by atoms with Gasteiger partial charge in [-0.1, -0.05) is 17.7 Å². The SMILES string of the molecule is Cc1nn(C)cc1CN1CCN(C(=S)Nc2c(C)nn(Cc3c(F)cccc3Cl)c2C)CC1. The molecule has 1 fully saturated rings. The van der Waals surface area contributed by atoms with E-state index in [1.807, 2.05) is 25.6 Å². The first-order valence-electron chi connectivity index (χ1n) is 11.0. The summed E-state index contributed by atoms with van der Waals surface area (Å²) in [5.41, 5.74) is 5.34. The highest BCUT2D eigenvalue weighted by Gasteiger charge is 2.22. The lowest BCUT2D eigenvalue weighted by Gasteiger charge is -2.36. The average molecular weight is 490 g/mol. The summed E-state index contributed by atoms with van der Waals surface area (Å²) in [6.07, 6.45) is 2.09. The van der Waals surface area contributed by atoms with Crippen molar-refractivity contribution < 1.29 is 4.39 Å². The van der Waals surface area contributed by atoms with Crippen LogP contribution in [0.25, 0.3) is 0 Å². The zero-order chi connectivity index (χ0) is 23.7. The summed E-state index contributed by atoms with van der Waals surface area (Å²) < 4.78 is 17.9. The third-order valence-electron chi connectivity index (χ3n) is 6.15. The second-order valence-corrected chi connectivity index (χ2v) is 9.30. The number of piperazine rings is 1. The first-order valence-corrected chi connectivity index (χ1v) is 11.8. The molecule has 1 saturated heterocycles. The summed E-state index contributed by atoms with van der Waals surface area (Å²) in [4.78, 5) is 4.61. The molecule has 1 aliphatic rings. The van der Waals surface area contributed by atoms with Crippen molar-refractivity contribution in [2.75, 3.05) is 31.5 Å². The van der Waals surface area contributed by atoms with E-state index in [0.717, 1.165) is 55.5 Å². The highest BCUT2D eigenvalue weighted by molar-refractivity contribution is 7.80. The van der Waals surface area contributed by atoms with Gasteiger partial charge in [0, 0.05) is 62.1 Å². The van der Waals surface area contributed by atoms with Crippen LogP contribution >= 0.6 is 23.8 Å². The van der Waals surface area contributed by atoms with Gasteiger partial charge in [-0.25, -0.2) is 4.39 Å². The fourth-order valence-corrected chi connectivity index (χ4v) is 4.71. The Bertz CT molecular complexity index is 1140. The van der Waals surface area contributed by atoms with Gasteiger partial charge >= 0.3 is 0 Å². The Kier molecular flexibility index (Phi) is 7.02. The van der Waals surface area contributed by atoms with Crippen LogP contribution in [0.3, 0.4) is 0 Å². The smallest absolute Gasteiger partial charge is 0.173 e. The first kappa shape index (κ1) is 23.7. The number of nitrogens with zero attached hydrogens (tertiary/aromatic N) is 6. The molecule has 10 heteroatoms. The quantitative estimate of drug-likeness (QED) is 0.549. The van der Waals surface area contributed by atoms with E-state index in [1.54, 1.807) is 16.8 Å². The molecular formula is C23H29ClFN7S. The van der Waals surface area contributed by atoms with Crippen molar-refractivity contribution in [2.24, 2.45) is 7.05 Å². The Hall–Kier alpha value is -2.49. The van der Waals surface area contributed by atoms with E-state index in [-0.39, 0.29) is 12.4 Å². The van der Waals surface area contributed by atoms with Gasteiger partial charge in [-0.2, -0.15) is 10.2 Å². The van der Waals surface area contributed by atoms with Crippen molar-refractivity contribution in [3.8, 4) is 0 Å². The highest BCUT2D eigenvalue weighted by atomic mass is 35.5. The second kappa shape index (κ2) is 9.79. The minimum atomic E-state index is -0.334. The minimum absolute atomic E-state index is 0.263. The van der Waals surface area contributed by atoms with Gasteiger partial charge in [0.05, 0.1) is 29.3 Å². The summed E-state index contributed by atoms with van der Waals surface area (Å²) in [6.45, 7) is 10.6. The highest BCUT2D eigenvalue weighted by Crippen LogP contribution is 2.25. The number of hydrogen-bond acceptors (Lipinski definition) is 4. The largest absolute Gasteiger partial charge is 0.346 e. The van der Waals surface area contributed by atoms with Crippen LogP contribution < -0.4 is 5.32 Å². The molecule has 0 radical (unpaired) electrons. The second-order valence-electron chi connectivity index (χ2n) is 8.51. The van der Waals surface area contributed by atoms with Crippen molar-refractivity contribution in [3.05, 3.63) is 63.4 Å². The van der Waals surface area contributed by atoms with E-state index in [0.29, 0.717) is 15.7 Å². The molecule has 33 heavy (non-hydrogen) atoms. The number of hydrogen-bond donors (Lipinski definition) is 1. The monoisotopic (exact) mass is 489 g/mol. The van der Waals surface area contributed by atoms with Gasteiger partial charge in [0.25, 0.3) is 0 Å². The molecule has 0 saturated carbocycles. The lowest BCUT2D eigenvalue weighted by atomic mass is 10.2. The van der Waals surface area contributed by atoms with E-state index < -0.39 is 0 Å².